The molecular formula is C21H22N4O5. The van der Waals surface area contributed by atoms with Crippen LogP contribution < -0.4 is 10.6 Å². The molecule has 156 valence electrons. The van der Waals surface area contributed by atoms with E-state index in [0.717, 1.165) is 16.9 Å². The lowest BCUT2D eigenvalue weighted by atomic mass is 10.2. The van der Waals surface area contributed by atoms with Crippen molar-refractivity contribution in [1.29, 1.82) is 0 Å². The highest BCUT2D eigenvalue weighted by Gasteiger charge is 2.17. The van der Waals surface area contributed by atoms with Gasteiger partial charge in [-0.05, 0) is 45.0 Å². The zero-order chi connectivity index (χ0) is 21.7. The summed E-state index contributed by atoms with van der Waals surface area (Å²) >= 11 is 0. The summed E-state index contributed by atoms with van der Waals surface area (Å²) in [5.74, 6) is -1.71. The van der Waals surface area contributed by atoms with Gasteiger partial charge in [0, 0.05) is 0 Å². The molecule has 0 spiro atoms. The van der Waals surface area contributed by atoms with Gasteiger partial charge in [0.05, 0.1) is 29.0 Å². The van der Waals surface area contributed by atoms with Crippen LogP contribution in [-0.4, -0.2) is 40.7 Å². The van der Waals surface area contributed by atoms with Crippen LogP contribution in [0.4, 0.5) is 5.69 Å². The molecule has 2 aromatic heterocycles. The molecule has 0 bridgehead atoms. The number of ether oxygens (including phenoxy) is 1. The van der Waals surface area contributed by atoms with Gasteiger partial charge in [0.1, 0.15) is 6.54 Å². The Morgan fingerprint density at radius 1 is 1.10 bits per heavy atom. The smallest absolute Gasteiger partial charge is 0.325 e. The van der Waals surface area contributed by atoms with Crippen LogP contribution in [-0.2, 0) is 14.3 Å². The standard InChI is InChI=1S/C21H22N4O5/c1-13-6-8-16(9-7-13)25-15(3)20(14(2)24-25)23-18(26)12-30-19(27)11-22-21(28)17-5-4-10-29-17/h4-10H,11-12H2,1-3H3,(H,22,28)(H,23,26). The van der Waals surface area contributed by atoms with E-state index < -0.39 is 24.4 Å². The molecule has 2 N–H and O–H groups in total. The summed E-state index contributed by atoms with van der Waals surface area (Å²) < 4.78 is 11.6. The third kappa shape index (κ3) is 4.93. The monoisotopic (exact) mass is 410 g/mol. The first kappa shape index (κ1) is 20.8. The Kier molecular flexibility index (Phi) is 6.31. The molecule has 3 rings (SSSR count). The van der Waals surface area contributed by atoms with Crippen LogP contribution in [0.2, 0.25) is 0 Å². The van der Waals surface area contributed by atoms with Crippen molar-refractivity contribution in [2.45, 2.75) is 20.8 Å². The van der Waals surface area contributed by atoms with Crippen LogP contribution >= 0.6 is 0 Å². The van der Waals surface area contributed by atoms with Crippen molar-refractivity contribution in [1.82, 2.24) is 15.1 Å². The third-order valence-corrected chi connectivity index (χ3v) is 4.34. The summed E-state index contributed by atoms with van der Waals surface area (Å²) in [6.45, 7) is 4.76. The highest BCUT2D eigenvalue weighted by Crippen LogP contribution is 2.23. The minimum atomic E-state index is -0.742. The Hall–Kier alpha value is -3.88. The van der Waals surface area contributed by atoms with E-state index in [1.165, 1.54) is 12.3 Å². The number of aromatic nitrogens is 2. The van der Waals surface area contributed by atoms with Crippen molar-refractivity contribution < 1.29 is 23.5 Å². The predicted octanol–water partition coefficient (Wildman–Crippen LogP) is 2.30. The number of hydrogen-bond donors (Lipinski definition) is 2. The minimum Gasteiger partial charge on any atom is -0.459 e. The van der Waals surface area contributed by atoms with E-state index in [4.69, 9.17) is 9.15 Å². The van der Waals surface area contributed by atoms with Gasteiger partial charge in [-0.15, -0.1) is 0 Å². The maximum absolute atomic E-state index is 12.2. The van der Waals surface area contributed by atoms with Crippen LogP contribution in [0.25, 0.3) is 5.69 Å². The molecule has 0 aliphatic heterocycles. The van der Waals surface area contributed by atoms with Crippen molar-refractivity contribution in [3.05, 3.63) is 65.4 Å². The van der Waals surface area contributed by atoms with E-state index >= 15 is 0 Å². The number of nitrogens with one attached hydrogen (secondary N) is 2. The summed E-state index contributed by atoms with van der Waals surface area (Å²) in [6.07, 6.45) is 1.35. The van der Waals surface area contributed by atoms with Crippen molar-refractivity contribution in [3.8, 4) is 5.69 Å². The lowest BCUT2D eigenvalue weighted by molar-refractivity contribution is -0.146. The fraction of sp³-hybridized carbons (Fsp3) is 0.238. The second-order valence-electron chi connectivity index (χ2n) is 6.66. The molecule has 0 saturated heterocycles. The van der Waals surface area contributed by atoms with Gasteiger partial charge in [0.15, 0.2) is 12.4 Å². The highest BCUT2D eigenvalue weighted by molar-refractivity contribution is 5.95. The summed E-state index contributed by atoms with van der Waals surface area (Å²) in [4.78, 5) is 35.7. The lowest BCUT2D eigenvalue weighted by Gasteiger charge is -2.08. The Balaban J connectivity index is 1.53. The number of nitrogens with zero attached hydrogens (tertiary/aromatic N) is 2. The molecule has 0 unspecified atom stereocenters. The van der Waals surface area contributed by atoms with Crippen molar-refractivity contribution >= 4 is 23.5 Å². The SMILES string of the molecule is Cc1ccc(-n2nc(C)c(NC(=O)COC(=O)CNC(=O)c3ccco3)c2C)cc1. The summed E-state index contributed by atoms with van der Waals surface area (Å²) in [5, 5.41) is 9.54. The first-order valence-electron chi connectivity index (χ1n) is 9.25. The maximum Gasteiger partial charge on any atom is 0.325 e. The second-order valence-corrected chi connectivity index (χ2v) is 6.66. The number of furan rings is 1. The molecule has 30 heavy (non-hydrogen) atoms. The average Bonchev–Trinajstić information content (AvgIpc) is 3.36. The highest BCUT2D eigenvalue weighted by atomic mass is 16.5. The summed E-state index contributed by atoms with van der Waals surface area (Å²) in [7, 11) is 0. The van der Waals surface area contributed by atoms with Crippen molar-refractivity contribution in [2.24, 2.45) is 0 Å². The number of esters is 1. The number of anilines is 1. The molecule has 0 aliphatic carbocycles. The number of carbonyl (C=O) groups excluding carboxylic acids is 3. The van der Waals surface area contributed by atoms with E-state index in [2.05, 4.69) is 15.7 Å². The largest absolute Gasteiger partial charge is 0.459 e. The summed E-state index contributed by atoms with van der Waals surface area (Å²) in [6, 6.07) is 10.9. The molecule has 9 heteroatoms. The maximum atomic E-state index is 12.2. The van der Waals surface area contributed by atoms with Gasteiger partial charge < -0.3 is 19.8 Å². The molecule has 1 aromatic carbocycles. The van der Waals surface area contributed by atoms with Crippen LogP contribution in [0, 0.1) is 20.8 Å². The molecule has 0 saturated carbocycles. The van der Waals surface area contributed by atoms with Crippen LogP contribution in [0.5, 0.6) is 0 Å². The summed E-state index contributed by atoms with van der Waals surface area (Å²) in [5.41, 5.74) is 3.96. The number of hydrogen-bond acceptors (Lipinski definition) is 6. The fourth-order valence-electron chi connectivity index (χ4n) is 2.78. The first-order valence-corrected chi connectivity index (χ1v) is 9.25. The van der Waals surface area contributed by atoms with Crippen LogP contribution in [0.1, 0.15) is 27.5 Å². The van der Waals surface area contributed by atoms with Gasteiger partial charge in [-0.2, -0.15) is 5.10 Å². The average molecular weight is 410 g/mol. The number of benzene rings is 1. The lowest BCUT2D eigenvalue weighted by Crippen LogP contribution is -2.32. The molecule has 0 atom stereocenters. The van der Waals surface area contributed by atoms with Crippen molar-refractivity contribution in [3.63, 3.8) is 0 Å². The molecule has 0 fully saturated rings. The van der Waals surface area contributed by atoms with Crippen LogP contribution in [0.15, 0.2) is 47.1 Å². The Morgan fingerprint density at radius 2 is 1.83 bits per heavy atom. The van der Waals surface area contributed by atoms with Gasteiger partial charge >= 0.3 is 5.97 Å². The zero-order valence-electron chi connectivity index (χ0n) is 16.9. The molecule has 0 aliphatic rings. The predicted molar refractivity (Wildman–Crippen MR) is 108 cm³/mol. The van der Waals surface area contributed by atoms with Gasteiger partial charge in [0.25, 0.3) is 11.8 Å². The van der Waals surface area contributed by atoms with E-state index in [1.54, 1.807) is 17.7 Å². The van der Waals surface area contributed by atoms with Gasteiger partial charge in [-0.3, -0.25) is 14.4 Å². The quantitative estimate of drug-likeness (QED) is 0.578. The Morgan fingerprint density at radius 3 is 2.50 bits per heavy atom. The molecule has 0 radical (unpaired) electrons. The van der Waals surface area contributed by atoms with Gasteiger partial charge in [-0.25, -0.2) is 4.68 Å². The van der Waals surface area contributed by atoms with Gasteiger partial charge in [-0.1, -0.05) is 17.7 Å². The minimum absolute atomic E-state index is 0.0806. The number of rotatable bonds is 7. The molecule has 2 heterocycles. The third-order valence-electron chi connectivity index (χ3n) is 4.34. The molecule has 3 aromatic rings. The molecular weight excluding hydrogens is 388 g/mol. The first-order chi connectivity index (χ1) is 14.3. The van der Waals surface area contributed by atoms with E-state index in [-0.39, 0.29) is 12.3 Å². The van der Waals surface area contributed by atoms with Crippen molar-refractivity contribution in [2.75, 3.05) is 18.5 Å². The Labute approximate surface area is 173 Å². The molecule has 9 nitrogen and oxygen atoms in total. The van der Waals surface area contributed by atoms with Crippen LogP contribution in [0.3, 0.4) is 0 Å². The second kappa shape index (κ2) is 9.08. The number of amides is 2. The van der Waals surface area contributed by atoms with E-state index in [1.807, 2.05) is 38.1 Å². The Bertz CT molecular complexity index is 1050. The van der Waals surface area contributed by atoms with E-state index in [0.29, 0.717) is 11.4 Å². The topological polar surface area (TPSA) is 115 Å². The molecule has 2 amide bonds. The number of carbonyl (C=O) groups is 3. The van der Waals surface area contributed by atoms with E-state index in [9.17, 15) is 14.4 Å². The fourth-order valence-corrected chi connectivity index (χ4v) is 2.78. The van der Waals surface area contributed by atoms with Gasteiger partial charge in [0.2, 0.25) is 0 Å². The zero-order valence-corrected chi connectivity index (χ0v) is 16.9. The number of aryl methyl sites for hydroxylation is 2. The normalized spacial score (nSPS) is 10.5.